The molecule has 0 saturated carbocycles. The molecule has 1 aromatic heterocycles. The second-order valence-corrected chi connectivity index (χ2v) is 5.13. The predicted molar refractivity (Wildman–Crippen MR) is 73.4 cm³/mol. The molecule has 19 heavy (non-hydrogen) atoms. The van der Waals surface area contributed by atoms with Gasteiger partial charge in [-0.1, -0.05) is 0 Å². The summed E-state index contributed by atoms with van der Waals surface area (Å²) in [5.41, 5.74) is 1.76. The first-order chi connectivity index (χ1) is 8.95. The SMILES string of the molecule is CNCc1cc(F)c(-n2nc(C)c(Br)c2C)c(F)c1. The Balaban J connectivity index is 2.59. The Morgan fingerprint density at radius 2 is 1.84 bits per heavy atom. The van der Waals surface area contributed by atoms with E-state index in [1.54, 1.807) is 20.9 Å². The van der Waals surface area contributed by atoms with Crippen molar-refractivity contribution in [1.82, 2.24) is 15.1 Å². The van der Waals surface area contributed by atoms with Crippen LogP contribution >= 0.6 is 15.9 Å². The summed E-state index contributed by atoms with van der Waals surface area (Å²) in [5.74, 6) is -1.24. The average Bonchev–Trinajstić information content (AvgIpc) is 2.57. The summed E-state index contributed by atoms with van der Waals surface area (Å²) in [6, 6.07) is 2.64. The number of halogens is 3. The summed E-state index contributed by atoms with van der Waals surface area (Å²) in [7, 11) is 1.72. The summed E-state index contributed by atoms with van der Waals surface area (Å²) >= 11 is 3.35. The predicted octanol–water partition coefficient (Wildman–Crippen LogP) is 3.25. The highest BCUT2D eigenvalue weighted by molar-refractivity contribution is 9.10. The minimum Gasteiger partial charge on any atom is -0.316 e. The number of hydrogen-bond acceptors (Lipinski definition) is 2. The molecule has 0 saturated heterocycles. The standard InChI is InChI=1S/C13H14BrF2N3/c1-7-12(14)8(2)19(18-7)13-10(15)4-9(6-17-3)5-11(13)16/h4-5,17H,6H2,1-3H3. The van der Waals surface area contributed by atoms with Gasteiger partial charge in [-0.05, 0) is 54.5 Å². The number of benzene rings is 1. The van der Waals surface area contributed by atoms with Gasteiger partial charge in [-0.2, -0.15) is 5.10 Å². The molecular formula is C13H14BrF2N3. The average molecular weight is 330 g/mol. The molecule has 0 amide bonds. The van der Waals surface area contributed by atoms with Crippen LogP contribution in [0.2, 0.25) is 0 Å². The lowest BCUT2D eigenvalue weighted by molar-refractivity contribution is 0.552. The normalized spacial score (nSPS) is 11.1. The second-order valence-electron chi connectivity index (χ2n) is 4.34. The first kappa shape index (κ1) is 14.1. The Hall–Kier alpha value is -1.27. The topological polar surface area (TPSA) is 29.9 Å². The highest BCUT2D eigenvalue weighted by Gasteiger charge is 2.18. The quantitative estimate of drug-likeness (QED) is 0.936. The van der Waals surface area contributed by atoms with Gasteiger partial charge in [-0.25, -0.2) is 13.5 Å². The molecule has 1 heterocycles. The third-order valence-electron chi connectivity index (χ3n) is 2.87. The van der Waals surface area contributed by atoms with E-state index in [4.69, 9.17) is 0 Å². The van der Waals surface area contributed by atoms with Gasteiger partial charge in [-0.3, -0.25) is 0 Å². The van der Waals surface area contributed by atoms with E-state index in [1.165, 1.54) is 16.8 Å². The van der Waals surface area contributed by atoms with Crippen molar-refractivity contribution in [3.05, 3.63) is 45.2 Å². The van der Waals surface area contributed by atoms with Gasteiger partial charge in [0.15, 0.2) is 11.6 Å². The van der Waals surface area contributed by atoms with E-state index in [-0.39, 0.29) is 5.69 Å². The molecule has 2 rings (SSSR count). The van der Waals surface area contributed by atoms with E-state index in [0.717, 1.165) is 4.47 Å². The van der Waals surface area contributed by atoms with Crippen molar-refractivity contribution >= 4 is 15.9 Å². The summed E-state index contributed by atoms with van der Waals surface area (Å²) in [6.45, 7) is 3.94. The lowest BCUT2D eigenvalue weighted by Gasteiger charge is -2.09. The van der Waals surface area contributed by atoms with Gasteiger partial charge in [-0.15, -0.1) is 0 Å². The van der Waals surface area contributed by atoms with Gasteiger partial charge >= 0.3 is 0 Å². The van der Waals surface area contributed by atoms with Crippen LogP contribution in [0.25, 0.3) is 5.69 Å². The molecule has 0 atom stereocenters. The number of rotatable bonds is 3. The molecule has 6 heteroatoms. The van der Waals surface area contributed by atoms with Crippen LogP contribution in [0.5, 0.6) is 0 Å². The van der Waals surface area contributed by atoms with E-state index < -0.39 is 11.6 Å². The third kappa shape index (κ3) is 2.55. The van der Waals surface area contributed by atoms with E-state index in [2.05, 4.69) is 26.3 Å². The van der Waals surface area contributed by atoms with Crippen molar-refractivity contribution in [1.29, 1.82) is 0 Å². The highest BCUT2D eigenvalue weighted by atomic mass is 79.9. The van der Waals surface area contributed by atoms with Crippen LogP contribution in [0.3, 0.4) is 0 Å². The fraction of sp³-hybridized carbons (Fsp3) is 0.308. The van der Waals surface area contributed by atoms with Gasteiger partial charge in [0.1, 0.15) is 5.69 Å². The van der Waals surface area contributed by atoms with Crippen molar-refractivity contribution in [2.75, 3.05) is 7.05 Å². The minimum atomic E-state index is -0.622. The van der Waals surface area contributed by atoms with Gasteiger partial charge in [0.25, 0.3) is 0 Å². The molecule has 0 aliphatic carbocycles. The zero-order valence-electron chi connectivity index (χ0n) is 10.9. The van der Waals surface area contributed by atoms with Crippen LogP contribution in [0, 0.1) is 25.5 Å². The Morgan fingerprint density at radius 1 is 1.26 bits per heavy atom. The molecule has 3 nitrogen and oxygen atoms in total. The van der Waals surface area contributed by atoms with Gasteiger partial charge in [0.05, 0.1) is 15.9 Å². The number of hydrogen-bond donors (Lipinski definition) is 1. The minimum absolute atomic E-state index is 0.147. The number of nitrogens with one attached hydrogen (secondary N) is 1. The molecule has 0 aliphatic rings. The van der Waals surface area contributed by atoms with Crippen molar-refractivity contribution in [2.45, 2.75) is 20.4 Å². The van der Waals surface area contributed by atoms with Crippen LogP contribution in [-0.4, -0.2) is 16.8 Å². The van der Waals surface area contributed by atoms with Gasteiger partial charge in [0.2, 0.25) is 0 Å². The molecule has 0 spiro atoms. The Kier molecular flexibility index (Phi) is 4.01. The summed E-state index contributed by atoms with van der Waals surface area (Å²) in [5, 5.41) is 7.01. The van der Waals surface area contributed by atoms with Crippen molar-refractivity contribution in [3.8, 4) is 5.69 Å². The van der Waals surface area contributed by atoms with Gasteiger partial charge < -0.3 is 5.32 Å². The number of aromatic nitrogens is 2. The van der Waals surface area contributed by atoms with Crippen molar-refractivity contribution < 1.29 is 8.78 Å². The molecule has 1 N–H and O–H groups in total. The maximum atomic E-state index is 14.1. The monoisotopic (exact) mass is 329 g/mol. The Labute approximate surface area is 118 Å². The van der Waals surface area contributed by atoms with Crippen molar-refractivity contribution in [3.63, 3.8) is 0 Å². The summed E-state index contributed by atoms with van der Waals surface area (Å²) in [6.07, 6.45) is 0. The van der Waals surface area contributed by atoms with E-state index >= 15 is 0 Å². The number of aryl methyl sites for hydroxylation is 1. The van der Waals surface area contributed by atoms with E-state index in [9.17, 15) is 8.78 Å². The number of nitrogens with zero attached hydrogens (tertiary/aromatic N) is 2. The van der Waals surface area contributed by atoms with Crippen LogP contribution in [0.1, 0.15) is 17.0 Å². The summed E-state index contributed by atoms with van der Waals surface area (Å²) in [4.78, 5) is 0. The molecule has 102 valence electrons. The van der Waals surface area contributed by atoms with E-state index in [1.807, 2.05) is 0 Å². The summed E-state index contributed by atoms with van der Waals surface area (Å²) < 4.78 is 30.2. The van der Waals surface area contributed by atoms with Crippen LogP contribution < -0.4 is 5.32 Å². The maximum absolute atomic E-state index is 14.1. The molecule has 0 unspecified atom stereocenters. The molecule has 0 radical (unpaired) electrons. The molecule has 1 aromatic carbocycles. The lowest BCUT2D eigenvalue weighted by Crippen LogP contribution is -2.10. The smallest absolute Gasteiger partial charge is 0.152 e. The van der Waals surface area contributed by atoms with Gasteiger partial charge in [0, 0.05) is 6.54 Å². The second kappa shape index (κ2) is 5.38. The fourth-order valence-electron chi connectivity index (χ4n) is 1.97. The molecule has 2 aromatic rings. The first-order valence-corrected chi connectivity index (χ1v) is 6.59. The first-order valence-electron chi connectivity index (χ1n) is 5.80. The molecule has 0 aliphatic heterocycles. The Bertz CT molecular complexity index is 600. The molecular weight excluding hydrogens is 316 g/mol. The van der Waals surface area contributed by atoms with Crippen LogP contribution in [0.4, 0.5) is 8.78 Å². The molecule has 0 fully saturated rings. The largest absolute Gasteiger partial charge is 0.316 e. The van der Waals surface area contributed by atoms with Crippen LogP contribution in [0.15, 0.2) is 16.6 Å². The Morgan fingerprint density at radius 3 is 2.26 bits per heavy atom. The van der Waals surface area contributed by atoms with Crippen molar-refractivity contribution in [2.24, 2.45) is 0 Å². The van der Waals surface area contributed by atoms with E-state index in [0.29, 0.717) is 23.5 Å². The lowest BCUT2D eigenvalue weighted by atomic mass is 10.2. The fourth-order valence-corrected chi connectivity index (χ4v) is 2.22. The molecule has 0 bridgehead atoms. The zero-order chi connectivity index (χ0) is 14.2. The third-order valence-corrected chi connectivity index (χ3v) is 4.02. The maximum Gasteiger partial charge on any atom is 0.152 e. The van der Waals surface area contributed by atoms with Crippen LogP contribution in [-0.2, 0) is 6.54 Å². The zero-order valence-corrected chi connectivity index (χ0v) is 12.5. The highest BCUT2D eigenvalue weighted by Crippen LogP contribution is 2.26.